The zero-order chi connectivity index (χ0) is 13.1. The molecule has 1 aromatic rings. The maximum Gasteiger partial charge on any atom is 0.401 e. The minimum absolute atomic E-state index is 0.275. The van der Waals surface area contributed by atoms with Crippen molar-refractivity contribution in [3.8, 4) is 0 Å². The van der Waals surface area contributed by atoms with Crippen LogP contribution in [0.5, 0.6) is 0 Å². The summed E-state index contributed by atoms with van der Waals surface area (Å²) < 4.78 is 36.3. The number of aliphatic carboxylic acids is 1. The number of carboxylic acids is 1. The Bertz CT molecular complexity index is 391. The van der Waals surface area contributed by atoms with Gasteiger partial charge < -0.3 is 5.11 Å². The van der Waals surface area contributed by atoms with Gasteiger partial charge in [0.2, 0.25) is 0 Å². The molecule has 0 fully saturated rings. The number of alkyl halides is 3. The molecule has 3 nitrogen and oxygen atoms in total. The summed E-state index contributed by atoms with van der Waals surface area (Å²) >= 11 is 0. The van der Waals surface area contributed by atoms with E-state index in [0.717, 1.165) is 0 Å². The van der Waals surface area contributed by atoms with Crippen molar-refractivity contribution < 1.29 is 23.1 Å². The molecule has 0 bridgehead atoms. The molecule has 1 aromatic carbocycles. The Kier molecular flexibility index (Phi) is 3.77. The second kappa shape index (κ2) is 4.75. The lowest BCUT2D eigenvalue weighted by molar-refractivity contribution is -0.150. The number of nitrogens with one attached hydrogen (secondary N) is 1. The third-order valence-electron chi connectivity index (χ3n) is 2.42. The van der Waals surface area contributed by atoms with Crippen LogP contribution in [0, 0.1) is 0 Å². The van der Waals surface area contributed by atoms with Gasteiger partial charge in [-0.15, -0.1) is 0 Å². The van der Waals surface area contributed by atoms with Crippen LogP contribution in [0.3, 0.4) is 0 Å². The lowest BCUT2D eigenvalue weighted by atomic mass is 9.92. The monoisotopic (exact) mass is 247 g/mol. The summed E-state index contributed by atoms with van der Waals surface area (Å²) in [6.07, 6.45) is -4.45. The normalized spacial score (nSPS) is 15.3. The first kappa shape index (κ1) is 13.5. The van der Waals surface area contributed by atoms with Gasteiger partial charge in [-0.1, -0.05) is 30.3 Å². The molecule has 2 N–H and O–H groups in total. The van der Waals surface area contributed by atoms with E-state index in [-0.39, 0.29) is 5.56 Å². The van der Waals surface area contributed by atoms with Crippen LogP contribution in [0.1, 0.15) is 12.5 Å². The molecule has 0 aliphatic carbocycles. The van der Waals surface area contributed by atoms with E-state index in [0.29, 0.717) is 0 Å². The van der Waals surface area contributed by atoms with Gasteiger partial charge in [-0.25, -0.2) is 4.79 Å². The van der Waals surface area contributed by atoms with Crippen molar-refractivity contribution >= 4 is 5.97 Å². The number of hydrogen-bond acceptors (Lipinski definition) is 2. The molecule has 0 amide bonds. The van der Waals surface area contributed by atoms with Crippen LogP contribution in [-0.2, 0) is 10.3 Å². The highest BCUT2D eigenvalue weighted by Crippen LogP contribution is 2.23. The van der Waals surface area contributed by atoms with Crippen molar-refractivity contribution in [2.24, 2.45) is 0 Å². The molecule has 0 spiro atoms. The van der Waals surface area contributed by atoms with Crippen LogP contribution in [0.4, 0.5) is 13.2 Å². The van der Waals surface area contributed by atoms with E-state index in [1.54, 1.807) is 18.2 Å². The smallest absolute Gasteiger partial charge is 0.401 e. The molecular formula is C11H12F3NO2. The standard InChI is InChI=1S/C11H12F3NO2/c1-10(9(16)17,15-7-11(12,13)14)8-5-3-2-4-6-8/h2-6,15H,7H2,1H3,(H,16,17). The predicted octanol–water partition coefficient (Wildman–Crippen LogP) is 2.14. The molecule has 1 rings (SSSR count). The fourth-order valence-corrected chi connectivity index (χ4v) is 1.35. The number of carbonyl (C=O) groups is 1. The third-order valence-corrected chi connectivity index (χ3v) is 2.42. The average molecular weight is 247 g/mol. The van der Waals surface area contributed by atoms with E-state index in [2.05, 4.69) is 0 Å². The van der Waals surface area contributed by atoms with Crippen molar-refractivity contribution in [1.82, 2.24) is 5.32 Å². The van der Waals surface area contributed by atoms with E-state index < -0.39 is 24.2 Å². The lowest BCUT2D eigenvalue weighted by Crippen LogP contribution is -2.50. The molecule has 17 heavy (non-hydrogen) atoms. The van der Waals surface area contributed by atoms with E-state index in [4.69, 9.17) is 5.11 Å². The van der Waals surface area contributed by atoms with E-state index >= 15 is 0 Å². The topological polar surface area (TPSA) is 49.3 Å². The second-order valence-corrected chi connectivity index (χ2v) is 3.76. The first-order chi connectivity index (χ1) is 7.76. The molecule has 1 unspecified atom stereocenters. The summed E-state index contributed by atoms with van der Waals surface area (Å²) in [6.45, 7) is -0.152. The van der Waals surface area contributed by atoms with Gasteiger partial charge in [0, 0.05) is 0 Å². The van der Waals surface area contributed by atoms with Crippen LogP contribution in [0.15, 0.2) is 30.3 Å². The zero-order valence-corrected chi connectivity index (χ0v) is 9.08. The largest absolute Gasteiger partial charge is 0.480 e. The molecule has 1 atom stereocenters. The minimum Gasteiger partial charge on any atom is -0.480 e. The van der Waals surface area contributed by atoms with Crippen LogP contribution in [0.2, 0.25) is 0 Å². The average Bonchev–Trinajstić information content (AvgIpc) is 2.26. The highest BCUT2D eigenvalue weighted by atomic mass is 19.4. The van der Waals surface area contributed by atoms with Gasteiger partial charge in [0.25, 0.3) is 0 Å². The summed E-state index contributed by atoms with van der Waals surface area (Å²) in [4.78, 5) is 11.1. The van der Waals surface area contributed by atoms with Gasteiger partial charge in [0.1, 0.15) is 5.54 Å². The molecule has 0 aliphatic heterocycles. The number of halogens is 3. The molecule has 0 radical (unpaired) electrons. The molecule has 0 aliphatic rings. The van der Waals surface area contributed by atoms with Gasteiger partial charge in [0.15, 0.2) is 0 Å². The fourth-order valence-electron chi connectivity index (χ4n) is 1.35. The highest BCUT2D eigenvalue weighted by Gasteiger charge is 2.39. The Morgan fingerprint density at radius 3 is 2.24 bits per heavy atom. The van der Waals surface area contributed by atoms with Crippen LogP contribution in [0.25, 0.3) is 0 Å². The van der Waals surface area contributed by atoms with Gasteiger partial charge in [-0.2, -0.15) is 13.2 Å². The fraction of sp³-hybridized carbons (Fsp3) is 0.364. The predicted molar refractivity (Wildman–Crippen MR) is 55.5 cm³/mol. The van der Waals surface area contributed by atoms with Crippen molar-refractivity contribution in [1.29, 1.82) is 0 Å². The maximum atomic E-state index is 12.1. The highest BCUT2D eigenvalue weighted by molar-refractivity contribution is 5.80. The molecule has 94 valence electrons. The van der Waals surface area contributed by atoms with Gasteiger partial charge in [-0.05, 0) is 12.5 Å². The van der Waals surface area contributed by atoms with Gasteiger partial charge >= 0.3 is 12.1 Å². The summed E-state index contributed by atoms with van der Waals surface area (Å²) in [6, 6.07) is 7.75. The van der Waals surface area contributed by atoms with Crippen LogP contribution >= 0.6 is 0 Å². The molecule has 6 heteroatoms. The lowest BCUT2D eigenvalue weighted by Gasteiger charge is -2.27. The number of rotatable bonds is 4. The van der Waals surface area contributed by atoms with E-state index in [1.165, 1.54) is 19.1 Å². The summed E-state index contributed by atoms with van der Waals surface area (Å²) in [5, 5.41) is 11.1. The molecular weight excluding hydrogens is 235 g/mol. The Morgan fingerprint density at radius 2 is 1.82 bits per heavy atom. The summed E-state index contributed by atoms with van der Waals surface area (Å²) in [5.41, 5.74) is -1.48. The van der Waals surface area contributed by atoms with Crippen LogP contribution < -0.4 is 5.32 Å². The number of hydrogen-bond donors (Lipinski definition) is 2. The summed E-state index contributed by atoms with van der Waals surface area (Å²) in [7, 11) is 0. The quantitative estimate of drug-likeness (QED) is 0.857. The zero-order valence-electron chi connectivity index (χ0n) is 9.08. The Labute approximate surface area is 96.3 Å². The number of benzene rings is 1. The Hall–Kier alpha value is -1.56. The van der Waals surface area contributed by atoms with Crippen molar-refractivity contribution in [3.05, 3.63) is 35.9 Å². The molecule has 0 heterocycles. The molecule has 0 aromatic heterocycles. The van der Waals surface area contributed by atoms with Crippen molar-refractivity contribution in [2.45, 2.75) is 18.6 Å². The van der Waals surface area contributed by atoms with E-state index in [9.17, 15) is 18.0 Å². The van der Waals surface area contributed by atoms with Crippen LogP contribution in [-0.4, -0.2) is 23.8 Å². The minimum atomic E-state index is -4.45. The first-order valence-corrected chi connectivity index (χ1v) is 4.86. The van der Waals surface area contributed by atoms with Crippen molar-refractivity contribution in [2.75, 3.05) is 6.54 Å². The van der Waals surface area contributed by atoms with Gasteiger partial charge in [0.05, 0.1) is 6.54 Å². The maximum absolute atomic E-state index is 12.1. The third kappa shape index (κ3) is 3.45. The number of carboxylic acid groups (broad SMARTS) is 1. The van der Waals surface area contributed by atoms with Gasteiger partial charge in [-0.3, -0.25) is 5.32 Å². The second-order valence-electron chi connectivity index (χ2n) is 3.76. The summed E-state index contributed by atoms with van der Waals surface area (Å²) in [5.74, 6) is -1.35. The molecule has 0 saturated heterocycles. The Balaban J connectivity index is 2.95. The first-order valence-electron chi connectivity index (χ1n) is 4.86. The van der Waals surface area contributed by atoms with E-state index in [1.807, 2.05) is 5.32 Å². The van der Waals surface area contributed by atoms with Crippen molar-refractivity contribution in [3.63, 3.8) is 0 Å². The molecule has 0 saturated carbocycles. The SMILES string of the molecule is CC(NCC(F)(F)F)(C(=O)O)c1ccccc1. The Morgan fingerprint density at radius 1 is 1.29 bits per heavy atom.